The first-order valence-electron chi connectivity index (χ1n) is 9.22. The van der Waals surface area contributed by atoms with Crippen molar-refractivity contribution in [2.45, 2.75) is 18.8 Å². The number of furan rings is 1. The van der Waals surface area contributed by atoms with Gasteiger partial charge in [0.25, 0.3) is 5.89 Å². The summed E-state index contributed by atoms with van der Waals surface area (Å²) in [6.45, 7) is 1.28. The Morgan fingerprint density at radius 2 is 2.18 bits per heavy atom. The lowest BCUT2D eigenvalue weighted by Crippen LogP contribution is -2.38. The number of benzene rings is 1. The summed E-state index contributed by atoms with van der Waals surface area (Å²) in [5.41, 5.74) is 0.758. The van der Waals surface area contributed by atoms with Crippen molar-refractivity contribution in [3.8, 4) is 17.2 Å². The Hall–Kier alpha value is -3.35. The van der Waals surface area contributed by atoms with Gasteiger partial charge in [0, 0.05) is 25.1 Å². The molecule has 1 fully saturated rings. The molecule has 3 aromatic rings. The molecule has 1 aromatic carbocycles. The summed E-state index contributed by atoms with van der Waals surface area (Å²) in [6.07, 6.45) is 6.61. The van der Waals surface area contributed by atoms with E-state index in [9.17, 15) is 4.79 Å². The van der Waals surface area contributed by atoms with E-state index in [0.717, 1.165) is 24.9 Å². The summed E-state index contributed by atoms with van der Waals surface area (Å²) in [6, 6.07) is 11.1. The highest BCUT2D eigenvalue weighted by atomic mass is 16.5. The Balaban J connectivity index is 1.46. The zero-order valence-electron chi connectivity index (χ0n) is 15.6. The monoisotopic (exact) mass is 379 g/mol. The molecule has 1 aliphatic rings. The second-order valence-electron chi connectivity index (χ2n) is 6.63. The highest BCUT2D eigenvalue weighted by molar-refractivity contribution is 5.91. The highest BCUT2D eigenvalue weighted by Crippen LogP contribution is 2.31. The molecule has 1 unspecified atom stereocenters. The van der Waals surface area contributed by atoms with Crippen LogP contribution in [-0.2, 0) is 4.79 Å². The molecule has 1 atom stereocenters. The van der Waals surface area contributed by atoms with E-state index in [1.165, 1.54) is 6.08 Å². The summed E-state index contributed by atoms with van der Waals surface area (Å²) in [7, 11) is 1.61. The smallest absolute Gasteiger partial charge is 0.261 e. The maximum Gasteiger partial charge on any atom is 0.261 e. The lowest BCUT2D eigenvalue weighted by atomic mass is 9.97. The Bertz CT molecular complexity index is 962. The SMILES string of the molecule is COc1ccccc1-c1nc(C2CCCN(C(=O)C=Cc3ccco3)C2)no1. The number of likely N-dealkylation sites (tertiary alicyclic amines) is 1. The summed E-state index contributed by atoms with van der Waals surface area (Å²) in [4.78, 5) is 18.9. The molecule has 0 aliphatic carbocycles. The average Bonchev–Trinajstić information content (AvgIpc) is 3.44. The number of hydrogen-bond acceptors (Lipinski definition) is 6. The van der Waals surface area contributed by atoms with E-state index in [0.29, 0.717) is 29.8 Å². The Kier molecular flexibility index (Phi) is 5.23. The summed E-state index contributed by atoms with van der Waals surface area (Å²) in [5.74, 6) is 2.38. The predicted octanol–water partition coefficient (Wildman–Crippen LogP) is 3.76. The van der Waals surface area contributed by atoms with E-state index in [-0.39, 0.29) is 11.8 Å². The topological polar surface area (TPSA) is 81.6 Å². The van der Waals surface area contributed by atoms with Crippen molar-refractivity contribution in [3.63, 3.8) is 0 Å². The molecule has 3 heterocycles. The molecule has 0 bridgehead atoms. The van der Waals surface area contributed by atoms with Crippen LogP contribution in [0.2, 0.25) is 0 Å². The first-order chi connectivity index (χ1) is 13.7. The number of piperidine rings is 1. The number of carbonyl (C=O) groups excluding carboxylic acids is 1. The van der Waals surface area contributed by atoms with E-state index in [1.54, 1.807) is 25.5 Å². The van der Waals surface area contributed by atoms with E-state index in [4.69, 9.17) is 13.7 Å². The van der Waals surface area contributed by atoms with Crippen LogP contribution >= 0.6 is 0 Å². The lowest BCUT2D eigenvalue weighted by molar-refractivity contribution is -0.127. The van der Waals surface area contributed by atoms with Crippen molar-refractivity contribution in [2.24, 2.45) is 0 Å². The van der Waals surface area contributed by atoms with Gasteiger partial charge in [-0.3, -0.25) is 4.79 Å². The van der Waals surface area contributed by atoms with Gasteiger partial charge in [-0.15, -0.1) is 0 Å². The van der Waals surface area contributed by atoms with Gasteiger partial charge in [0.1, 0.15) is 11.5 Å². The number of ether oxygens (including phenoxy) is 1. The standard InChI is InChI=1S/C21H21N3O4/c1-26-18-9-3-2-8-17(18)21-22-20(23-28-21)15-6-4-12-24(14-15)19(25)11-10-16-7-5-13-27-16/h2-3,5,7-11,13,15H,4,6,12,14H2,1H3. The second kappa shape index (κ2) is 8.12. The molecular formula is C21H21N3O4. The Morgan fingerprint density at radius 1 is 1.29 bits per heavy atom. The van der Waals surface area contributed by atoms with E-state index < -0.39 is 0 Å². The number of nitrogens with zero attached hydrogens (tertiary/aromatic N) is 3. The maximum atomic E-state index is 12.5. The molecule has 7 heteroatoms. The number of para-hydroxylation sites is 1. The number of hydrogen-bond donors (Lipinski definition) is 0. The van der Waals surface area contributed by atoms with Gasteiger partial charge in [0.05, 0.1) is 18.9 Å². The van der Waals surface area contributed by atoms with Gasteiger partial charge >= 0.3 is 0 Å². The molecule has 2 aromatic heterocycles. The second-order valence-corrected chi connectivity index (χ2v) is 6.63. The van der Waals surface area contributed by atoms with Gasteiger partial charge in [-0.05, 0) is 43.2 Å². The van der Waals surface area contributed by atoms with Crippen LogP contribution < -0.4 is 4.74 Å². The van der Waals surface area contributed by atoms with Crippen molar-refractivity contribution in [1.82, 2.24) is 15.0 Å². The van der Waals surface area contributed by atoms with Gasteiger partial charge in [0.2, 0.25) is 5.91 Å². The van der Waals surface area contributed by atoms with Crippen LogP contribution in [0.15, 0.2) is 57.7 Å². The van der Waals surface area contributed by atoms with Gasteiger partial charge in [-0.25, -0.2) is 0 Å². The normalized spacial score (nSPS) is 17.2. The van der Waals surface area contributed by atoms with Gasteiger partial charge < -0.3 is 18.6 Å². The fourth-order valence-corrected chi connectivity index (χ4v) is 3.36. The van der Waals surface area contributed by atoms with Crippen LogP contribution in [0, 0.1) is 0 Å². The van der Waals surface area contributed by atoms with Crippen LogP contribution in [0.3, 0.4) is 0 Å². The third-order valence-corrected chi connectivity index (χ3v) is 4.81. The zero-order valence-corrected chi connectivity index (χ0v) is 15.6. The maximum absolute atomic E-state index is 12.5. The van der Waals surface area contributed by atoms with Crippen molar-refractivity contribution >= 4 is 12.0 Å². The molecule has 0 saturated carbocycles. The molecule has 4 rings (SSSR count). The number of rotatable bonds is 5. The predicted molar refractivity (Wildman–Crippen MR) is 103 cm³/mol. The minimum absolute atomic E-state index is 0.0434. The molecule has 0 spiro atoms. The Labute approximate surface area is 162 Å². The lowest BCUT2D eigenvalue weighted by Gasteiger charge is -2.30. The molecule has 1 saturated heterocycles. The largest absolute Gasteiger partial charge is 0.496 e. The van der Waals surface area contributed by atoms with E-state index in [2.05, 4.69) is 10.1 Å². The Morgan fingerprint density at radius 3 is 3.00 bits per heavy atom. The van der Waals surface area contributed by atoms with Crippen LogP contribution in [0.4, 0.5) is 0 Å². The number of carbonyl (C=O) groups is 1. The molecular weight excluding hydrogens is 358 g/mol. The van der Waals surface area contributed by atoms with E-state index in [1.807, 2.05) is 35.2 Å². The van der Waals surface area contributed by atoms with Crippen molar-refractivity contribution in [1.29, 1.82) is 0 Å². The molecule has 28 heavy (non-hydrogen) atoms. The zero-order chi connectivity index (χ0) is 19.3. The average molecular weight is 379 g/mol. The van der Waals surface area contributed by atoms with Crippen LogP contribution in [0.5, 0.6) is 5.75 Å². The number of aromatic nitrogens is 2. The van der Waals surface area contributed by atoms with Crippen LogP contribution in [-0.4, -0.2) is 41.1 Å². The van der Waals surface area contributed by atoms with E-state index >= 15 is 0 Å². The quantitative estimate of drug-likeness (QED) is 0.628. The van der Waals surface area contributed by atoms with Crippen LogP contribution in [0.1, 0.15) is 30.3 Å². The summed E-state index contributed by atoms with van der Waals surface area (Å²) < 4.78 is 16.1. The minimum atomic E-state index is -0.0467. The first-order valence-corrected chi connectivity index (χ1v) is 9.22. The molecule has 1 amide bonds. The molecule has 144 valence electrons. The number of methoxy groups -OCH3 is 1. The third kappa shape index (κ3) is 3.83. The van der Waals surface area contributed by atoms with Gasteiger partial charge in [-0.2, -0.15) is 4.98 Å². The minimum Gasteiger partial charge on any atom is -0.496 e. The van der Waals surface area contributed by atoms with Gasteiger partial charge in [-0.1, -0.05) is 17.3 Å². The molecule has 1 aliphatic heterocycles. The molecule has 0 N–H and O–H groups in total. The summed E-state index contributed by atoms with van der Waals surface area (Å²) in [5, 5.41) is 4.16. The fraction of sp³-hybridized carbons (Fsp3) is 0.286. The molecule has 7 nitrogen and oxygen atoms in total. The molecule has 0 radical (unpaired) electrons. The van der Waals surface area contributed by atoms with Crippen molar-refractivity contribution < 1.29 is 18.5 Å². The van der Waals surface area contributed by atoms with Crippen molar-refractivity contribution in [3.05, 3.63) is 60.3 Å². The van der Waals surface area contributed by atoms with Gasteiger partial charge in [0.15, 0.2) is 5.82 Å². The van der Waals surface area contributed by atoms with Crippen LogP contribution in [0.25, 0.3) is 17.5 Å². The summed E-state index contributed by atoms with van der Waals surface area (Å²) >= 11 is 0. The first kappa shape index (κ1) is 18.0. The number of amides is 1. The third-order valence-electron chi connectivity index (χ3n) is 4.81. The fourth-order valence-electron chi connectivity index (χ4n) is 3.36. The highest BCUT2D eigenvalue weighted by Gasteiger charge is 2.27. The van der Waals surface area contributed by atoms with Crippen molar-refractivity contribution in [2.75, 3.05) is 20.2 Å².